The number of methoxy groups -OCH3 is 1. The minimum atomic E-state index is -1.01. The van der Waals surface area contributed by atoms with Crippen molar-refractivity contribution in [3.05, 3.63) is 47.6 Å². The predicted octanol–water partition coefficient (Wildman–Crippen LogP) is 3.89. The van der Waals surface area contributed by atoms with Crippen LogP contribution in [0.2, 0.25) is 0 Å². The summed E-state index contributed by atoms with van der Waals surface area (Å²) in [6.07, 6.45) is 12.5. The molecule has 3 aliphatic rings. The monoisotopic (exact) mass is 516 g/mol. The van der Waals surface area contributed by atoms with Crippen LogP contribution in [0.25, 0.3) is 0 Å². The van der Waals surface area contributed by atoms with Gasteiger partial charge in [0.1, 0.15) is 0 Å². The largest absolute Gasteiger partial charge is 0.466 e. The summed E-state index contributed by atoms with van der Waals surface area (Å²) in [5, 5.41) is 32.2. The zero-order chi connectivity index (χ0) is 27.3. The van der Waals surface area contributed by atoms with Crippen LogP contribution in [0.4, 0.5) is 0 Å². The Kier molecular flexibility index (Phi) is 9.95. The molecule has 3 N–H and O–H groups in total. The third-order valence-electron chi connectivity index (χ3n) is 8.77. The Labute approximate surface area is 220 Å². The molecule has 0 aromatic rings. The highest BCUT2D eigenvalue weighted by Crippen LogP contribution is 2.55. The predicted molar refractivity (Wildman–Crippen MR) is 141 cm³/mol. The minimum absolute atomic E-state index is 0.113. The van der Waals surface area contributed by atoms with Crippen molar-refractivity contribution >= 4 is 11.9 Å². The first-order valence-corrected chi connectivity index (χ1v) is 13.6. The molecule has 1 saturated carbocycles. The second-order valence-corrected chi connectivity index (χ2v) is 11.3. The van der Waals surface area contributed by atoms with Gasteiger partial charge in [-0.25, -0.2) is 4.79 Å². The molecule has 206 valence electrons. The molecule has 2 aliphatic carbocycles. The Hall–Kier alpha value is -2.22. The number of fused-ring (bicyclic) bond motifs is 3. The zero-order valence-corrected chi connectivity index (χ0v) is 22.8. The fraction of sp³-hybridized carbons (Fsp3) is 0.667. The third kappa shape index (κ3) is 6.10. The lowest BCUT2D eigenvalue weighted by Gasteiger charge is -2.52. The van der Waals surface area contributed by atoms with Crippen LogP contribution in [0.3, 0.4) is 0 Å². The van der Waals surface area contributed by atoms with Gasteiger partial charge >= 0.3 is 11.9 Å². The zero-order valence-electron chi connectivity index (χ0n) is 22.8. The van der Waals surface area contributed by atoms with Gasteiger partial charge in [-0.05, 0) is 63.4 Å². The van der Waals surface area contributed by atoms with Crippen molar-refractivity contribution in [3.8, 4) is 0 Å². The topological polar surface area (TPSA) is 113 Å². The number of rotatable bonds is 2. The lowest BCUT2D eigenvalue weighted by molar-refractivity contribution is -0.172. The lowest BCUT2D eigenvalue weighted by Crippen LogP contribution is -2.54. The average Bonchev–Trinajstić information content (AvgIpc) is 2.87. The van der Waals surface area contributed by atoms with Gasteiger partial charge in [0.25, 0.3) is 0 Å². The maximum atomic E-state index is 13.9. The van der Waals surface area contributed by atoms with Gasteiger partial charge in [-0.15, -0.1) is 0 Å². The first-order chi connectivity index (χ1) is 17.6. The highest BCUT2D eigenvalue weighted by molar-refractivity contribution is 5.89. The van der Waals surface area contributed by atoms with E-state index < -0.39 is 29.5 Å². The third-order valence-corrected chi connectivity index (χ3v) is 8.77. The molecule has 9 atom stereocenters. The van der Waals surface area contributed by atoms with E-state index in [4.69, 9.17) is 9.47 Å². The fourth-order valence-corrected chi connectivity index (χ4v) is 6.33. The molecule has 0 amide bonds. The molecule has 1 aliphatic heterocycles. The van der Waals surface area contributed by atoms with Crippen LogP contribution in [-0.4, -0.2) is 59.3 Å². The van der Waals surface area contributed by atoms with Crippen LogP contribution in [0, 0.1) is 35.0 Å². The van der Waals surface area contributed by atoms with Crippen molar-refractivity contribution < 1.29 is 34.4 Å². The number of carbonyl (C=O) groups excluding carboxylic acids is 2. The molecule has 0 aromatic heterocycles. The van der Waals surface area contributed by atoms with Crippen molar-refractivity contribution in [3.63, 3.8) is 0 Å². The smallest absolute Gasteiger partial charge is 0.336 e. The fourth-order valence-electron chi connectivity index (χ4n) is 6.33. The average molecular weight is 517 g/mol. The van der Waals surface area contributed by atoms with Crippen molar-refractivity contribution in [2.24, 2.45) is 35.0 Å². The van der Waals surface area contributed by atoms with Gasteiger partial charge < -0.3 is 24.8 Å². The van der Waals surface area contributed by atoms with E-state index in [9.17, 15) is 24.9 Å². The van der Waals surface area contributed by atoms with E-state index in [1.54, 1.807) is 12.2 Å². The SMILES string of the molecule is COC(=O)/C1=C\CCC[C@@H](C)OC(=O)[C@@]2(C)[C@@H](/C=C/C=C/[C@H](C)[C@H]1O)C(CO)=C[C@H]1[C@H](O)[C@@H](C)CC[C@@H]12. The number of hydrogen-bond acceptors (Lipinski definition) is 7. The number of esters is 2. The molecular formula is C30H44O7. The molecule has 0 aromatic carbocycles. The summed E-state index contributed by atoms with van der Waals surface area (Å²) in [5.41, 5.74) is -0.0183. The summed E-state index contributed by atoms with van der Waals surface area (Å²) in [7, 11) is 1.30. The number of aliphatic hydroxyl groups excluding tert-OH is 3. The van der Waals surface area contributed by atoms with Gasteiger partial charge in [-0.3, -0.25) is 4.79 Å². The Morgan fingerprint density at radius 3 is 2.51 bits per heavy atom. The Bertz CT molecular complexity index is 948. The number of hydrogen-bond donors (Lipinski definition) is 3. The molecule has 0 bridgehead atoms. The molecule has 37 heavy (non-hydrogen) atoms. The highest BCUT2D eigenvalue weighted by Gasteiger charge is 2.56. The summed E-state index contributed by atoms with van der Waals surface area (Å²) in [5.74, 6) is -1.83. The van der Waals surface area contributed by atoms with Crippen molar-refractivity contribution in [2.45, 2.75) is 78.1 Å². The molecule has 0 saturated heterocycles. The second-order valence-electron chi connectivity index (χ2n) is 11.3. The van der Waals surface area contributed by atoms with E-state index in [0.29, 0.717) is 24.8 Å². The van der Waals surface area contributed by atoms with E-state index >= 15 is 0 Å². The molecule has 3 rings (SSSR count). The van der Waals surface area contributed by atoms with Crippen LogP contribution in [0.1, 0.15) is 59.8 Å². The summed E-state index contributed by atoms with van der Waals surface area (Å²) >= 11 is 0. The quantitative estimate of drug-likeness (QED) is 0.377. The maximum absolute atomic E-state index is 13.9. The van der Waals surface area contributed by atoms with Crippen LogP contribution in [-0.2, 0) is 19.1 Å². The second kappa shape index (κ2) is 12.5. The van der Waals surface area contributed by atoms with E-state index in [-0.39, 0.29) is 47.9 Å². The molecule has 0 unspecified atom stereocenters. The molecule has 1 heterocycles. The number of aliphatic hydroxyl groups is 3. The summed E-state index contributed by atoms with van der Waals surface area (Å²) in [6, 6.07) is 0. The highest BCUT2D eigenvalue weighted by atomic mass is 16.5. The van der Waals surface area contributed by atoms with Gasteiger partial charge in [0, 0.05) is 17.8 Å². The van der Waals surface area contributed by atoms with Crippen molar-refractivity contribution in [2.75, 3.05) is 13.7 Å². The number of allylic oxidation sites excluding steroid dienone is 4. The van der Waals surface area contributed by atoms with E-state index in [2.05, 4.69) is 0 Å². The van der Waals surface area contributed by atoms with Gasteiger partial charge in [-0.2, -0.15) is 0 Å². The van der Waals surface area contributed by atoms with Crippen LogP contribution < -0.4 is 0 Å². The normalized spacial score (nSPS) is 42.6. The van der Waals surface area contributed by atoms with Crippen LogP contribution in [0.15, 0.2) is 47.6 Å². The van der Waals surface area contributed by atoms with Crippen molar-refractivity contribution in [1.82, 2.24) is 0 Å². The van der Waals surface area contributed by atoms with Gasteiger partial charge in [-0.1, -0.05) is 50.3 Å². The maximum Gasteiger partial charge on any atom is 0.336 e. The van der Waals surface area contributed by atoms with Gasteiger partial charge in [0.2, 0.25) is 0 Å². The molecule has 1 fully saturated rings. The summed E-state index contributed by atoms with van der Waals surface area (Å²) < 4.78 is 10.9. The molecule has 7 nitrogen and oxygen atoms in total. The van der Waals surface area contributed by atoms with E-state index in [1.165, 1.54) is 7.11 Å². The van der Waals surface area contributed by atoms with Crippen LogP contribution >= 0.6 is 0 Å². The summed E-state index contributed by atoms with van der Waals surface area (Å²) in [6.45, 7) is 7.42. The Balaban J connectivity index is 2.04. The first kappa shape index (κ1) is 29.3. The first-order valence-electron chi connectivity index (χ1n) is 13.6. The Morgan fingerprint density at radius 2 is 1.84 bits per heavy atom. The summed E-state index contributed by atoms with van der Waals surface area (Å²) in [4.78, 5) is 26.2. The lowest BCUT2D eigenvalue weighted by atomic mass is 9.52. The molecular weight excluding hydrogens is 472 g/mol. The van der Waals surface area contributed by atoms with Gasteiger partial charge in [0.05, 0.1) is 43.0 Å². The minimum Gasteiger partial charge on any atom is -0.466 e. The number of cyclic esters (lactones) is 1. The van der Waals surface area contributed by atoms with Crippen LogP contribution in [0.5, 0.6) is 0 Å². The number of ether oxygens (including phenoxy) is 2. The molecule has 7 heteroatoms. The van der Waals surface area contributed by atoms with Crippen molar-refractivity contribution in [1.29, 1.82) is 0 Å². The van der Waals surface area contributed by atoms with E-state index in [1.807, 2.05) is 52.0 Å². The van der Waals surface area contributed by atoms with Gasteiger partial charge in [0.15, 0.2) is 0 Å². The Morgan fingerprint density at radius 1 is 1.14 bits per heavy atom. The molecule has 0 radical (unpaired) electrons. The van der Waals surface area contributed by atoms with E-state index in [0.717, 1.165) is 12.8 Å². The number of carbonyl (C=O) groups is 2. The molecule has 0 spiro atoms. The standard InChI is InChI=1S/C30H44O7/c1-18-10-6-9-13-24-21(17-31)16-23-25(15-14-19(2)27(23)33)30(24,4)29(35)37-20(3)11-7-8-12-22(26(18)32)28(34)36-5/h6,9-10,12-13,16,18-20,23-27,31-33H,7-8,11,14-15,17H2,1-5H3/b10-6+,13-9+,22-12-/t18-,19-,20+,23+,24-,25-,26+,27+,30-/m0/s1.